The molecule has 0 rings (SSSR count). The lowest BCUT2D eigenvalue weighted by atomic mass is 10.0. The van der Waals surface area contributed by atoms with Crippen molar-refractivity contribution in [3.63, 3.8) is 0 Å². The van der Waals surface area contributed by atoms with E-state index in [1.54, 1.807) is 0 Å². The van der Waals surface area contributed by atoms with Crippen LogP contribution >= 0.6 is 0 Å². The van der Waals surface area contributed by atoms with Crippen molar-refractivity contribution in [2.75, 3.05) is 0 Å². The number of allylic oxidation sites excluding steroid dienone is 1. The molecule has 0 aromatic rings. The molecule has 0 atom stereocenters. The van der Waals surface area contributed by atoms with Crippen LogP contribution in [0.5, 0.6) is 0 Å². The molecule has 0 bridgehead atoms. The van der Waals surface area contributed by atoms with Gasteiger partial charge in [0.25, 0.3) is 0 Å². The number of hydrogen-bond donors (Lipinski definition) is 1. The van der Waals surface area contributed by atoms with E-state index in [1.165, 1.54) is 13.8 Å². The van der Waals surface area contributed by atoms with E-state index in [1.807, 2.05) is 20.8 Å². The Bertz CT molecular complexity index is 227. The number of hydrogen-bond acceptors (Lipinski definition) is 1. The standard InChI is InChI=1S/C10H18FNO/c1-6-10(4,5)12-9(13)7(2)8(3)11/h6H2,1-5H3,(H,12,13)/b8-7-. The molecule has 0 saturated heterocycles. The van der Waals surface area contributed by atoms with Crippen LogP contribution in [-0.2, 0) is 4.79 Å². The van der Waals surface area contributed by atoms with Gasteiger partial charge in [0.1, 0.15) is 5.83 Å². The van der Waals surface area contributed by atoms with Crippen molar-refractivity contribution in [3.05, 3.63) is 11.4 Å². The lowest BCUT2D eigenvalue weighted by Crippen LogP contribution is -2.43. The van der Waals surface area contributed by atoms with Crippen molar-refractivity contribution in [2.45, 2.75) is 46.6 Å². The van der Waals surface area contributed by atoms with Crippen LogP contribution in [0, 0.1) is 0 Å². The average molecular weight is 187 g/mol. The fraction of sp³-hybridized carbons (Fsp3) is 0.700. The average Bonchev–Trinajstić information content (AvgIpc) is 2.02. The third-order valence-corrected chi connectivity index (χ3v) is 2.19. The van der Waals surface area contributed by atoms with E-state index in [0.717, 1.165) is 6.42 Å². The highest BCUT2D eigenvalue weighted by Gasteiger charge is 2.19. The van der Waals surface area contributed by atoms with Gasteiger partial charge in [-0.3, -0.25) is 4.79 Å². The smallest absolute Gasteiger partial charge is 0.249 e. The maximum atomic E-state index is 12.6. The van der Waals surface area contributed by atoms with Crippen molar-refractivity contribution in [1.82, 2.24) is 5.32 Å². The minimum Gasteiger partial charge on any atom is -0.347 e. The fourth-order valence-electron chi connectivity index (χ4n) is 0.646. The van der Waals surface area contributed by atoms with E-state index in [9.17, 15) is 9.18 Å². The number of carbonyl (C=O) groups excluding carboxylic acids is 1. The molecule has 13 heavy (non-hydrogen) atoms. The second kappa shape index (κ2) is 4.40. The maximum absolute atomic E-state index is 12.6. The Morgan fingerprint density at radius 2 is 1.85 bits per heavy atom. The molecule has 0 aliphatic heterocycles. The van der Waals surface area contributed by atoms with Gasteiger partial charge in [0.2, 0.25) is 5.91 Å². The molecule has 1 N–H and O–H groups in total. The molecule has 0 fully saturated rings. The van der Waals surface area contributed by atoms with Gasteiger partial charge in [0.15, 0.2) is 0 Å². The molecule has 3 heteroatoms. The minimum absolute atomic E-state index is 0.154. The summed E-state index contributed by atoms with van der Waals surface area (Å²) < 4.78 is 12.6. The quantitative estimate of drug-likeness (QED) is 0.676. The molecule has 2 nitrogen and oxygen atoms in total. The Morgan fingerprint density at radius 3 is 2.15 bits per heavy atom. The van der Waals surface area contributed by atoms with Gasteiger partial charge in [-0.15, -0.1) is 0 Å². The van der Waals surface area contributed by atoms with Crippen LogP contribution in [0.2, 0.25) is 0 Å². The van der Waals surface area contributed by atoms with E-state index in [0.29, 0.717) is 0 Å². The molecule has 0 aromatic carbocycles. The van der Waals surface area contributed by atoms with Gasteiger partial charge < -0.3 is 5.32 Å². The molecule has 0 aliphatic rings. The van der Waals surface area contributed by atoms with Gasteiger partial charge >= 0.3 is 0 Å². The van der Waals surface area contributed by atoms with Crippen LogP contribution in [-0.4, -0.2) is 11.4 Å². The third kappa shape index (κ3) is 4.06. The number of carbonyl (C=O) groups is 1. The highest BCUT2D eigenvalue weighted by Crippen LogP contribution is 2.10. The second-order valence-corrected chi connectivity index (χ2v) is 3.85. The van der Waals surface area contributed by atoms with Crippen LogP contribution in [0.25, 0.3) is 0 Å². The number of amides is 1. The summed E-state index contributed by atoms with van der Waals surface area (Å²) in [6.07, 6.45) is 0.817. The van der Waals surface area contributed by atoms with Gasteiger partial charge in [0.05, 0.1) is 0 Å². The topological polar surface area (TPSA) is 29.1 Å². The fourth-order valence-corrected chi connectivity index (χ4v) is 0.646. The first-order valence-corrected chi connectivity index (χ1v) is 4.45. The van der Waals surface area contributed by atoms with Crippen molar-refractivity contribution >= 4 is 5.91 Å². The summed E-state index contributed by atoms with van der Waals surface area (Å²) in [5.41, 5.74) is -0.116. The summed E-state index contributed by atoms with van der Waals surface area (Å²) in [6.45, 7) is 8.56. The predicted octanol–water partition coefficient (Wildman–Crippen LogP) is 2.55. The van der Waals surface area contributed by atoms with Crippen molar-refractivity contribution in [2.24, 2.45) is 0 Å². The maximum Gasteiger partial charge on any atom is 0.249 e. The summed E-state index contributed by atoms with van der Waals surface area (Å²) in [5.74, 6) is -0.753. The number of nitrogens with one attached hydrogen (secondary N) is 1. The van der Waals surface area contributed by atoms with Crippen LogP contribution in [0.15, 0.2) is 11.4 Å². The zero-order chi connectivity index (χ0) is 10.6. The summed E-state index contributed by atoms with van der Waals surface area (Å²) >= 11 is 0. The minimum atomic E-state index is -0.426. The van der Waals surface area contributed by atoms with Crippen LogP contribution in [0.1, 0.15) is 41.0 Å². The highest BCUT2D eigenvalue weighted by molar-refractivity contribution is 5.93. The zero-order valence-corrected chi connectivity index (χ0v) is 8.99. The van der Waals surface area contributed by atoms with E-state index >= 15 is 0 Å². The monoisotopic (exact) mass is 187 g/mol. The Kier molecular flexibility index (Phi) is 4.11. The van der Waals surface area contributed by atoms with E-state index in [2.05, 4.69) is 5.32 Å². The highest BCUT2D eigenvalue weighted by atomic mass is 19.1. The summed E-state index contributed by atoms with van der Waals surface area (Å²) in [6, 6.07) is 0. The third-order valence-electron chi connectivity index (χ3n) is 2.19. The first-order chi connectivity index (χ1) is 5.80. The zero-order valence-electron chi connectivity index (χ0n) is 8.99. The van der Waals surface area contributed by atoms with Crippen molar-refractivity contribution in [1.29, 1.82) is 0 Å². The molecule has 0 heterocycles. The molecule has 0 aromatic heterocycles. The molecular weight excluding hydrogens is 169 g/mol. The van der Waals surface area contributed by atoms with Gasteiger partial charge in [-0.05, 0) is 34.1 Å². The predicted molar refractivity (Wildman–Crippen MR) is 52.0 cm³/mol. The molecule has 76 valence electrons. The molecule has 1 amide bonds. The van der Waals surface area contributed by atoms with Gasteiger partial charge in [-0.2, -0.15) is 0 Å². The van der Waals surface area contributed by atoms with Crippen LogP contribution in [0.3, 0.4) is 0 Å². The summed E-state index contributed by atoms with van der Waals surface area (Å²) in [4.78, 5) is 11.4. The Labute approximate surface area is 79.2 Å². The Hall–Kier alpha value is -0.860. The second-order valence-electron chi connectivity index (χ2n) is 3.85. The van der Waals surface area contributed by atoms with Gasteiger partial charge in [-0.1, -0.05) is 6.92 Å². The Balaban J connectivity index is 4.42. The van der Waals surface area contributed by atoms with Crippen molar-refractivity contribution < 1.29 is 9.18 Å². The van der Waals surface area contributed by atoms with E-state index in [-0.39, 0.29) is 17.0 Å². The first-order valence-electron chi connectivity index (χ1n) is 4.45. The van der Waals surface area contributed by atoms with Gasteiger partial charge in [-0.25, -0.2) is 4.39 Å². The summed E-state index contributed by atoms with van der Waals surface area (Å²) in [7, 11) is 0. The lowest BCUT2D eigenvalue weighted by molar-refractivity contribution is -0.119. The van der Waals surface area contributed by atoms with E-state index < -0.39 is 5.83 Å². The lowest BCUT2D eigenvalue weighted by Gasteiger charge is -2.24. The van der Waals surface area contributed by atoms with Crippen LogP contribution in [0.4, 0.5) is 4.39 Å². The SMILES string of the molecule is CCC(C)(C)NC(=O)/C(C)=C(/C)F. The van der Waals surface area contributed by atoms with Crippen LogP contribution < -0.4 is 5.32 Å². The van der Waals surface area contributed by atoms with Crippen molar-refractivity contribution in [3.8, 4) is 0 Å². The first kappa shape index (κ1) is 12.1. The number of halogens is 1. The molecule has 0 aliphatic carbocycles. The molecular formula is C10H18FNO. The van der Waals surface area contributed by atoms with E-state index in [4.69, 9.17) is 0 Å². The molecule has 0 unspecified atom stereocenters. The largest absolute Gasteiger partial charge is 0.347 e. The Morgan fingerprint density at radius 1 is 1.38 bits per heavy atom. The normalized spacial score (nSPS) is 13.7. The molecule has 0 spiro atoms. The van der Waals surface area contributed by atoms with Gasteiger partial charge in [0, 0.05) is 11.1 Å². The molecule has 0 saturated carbocycles. The summed E-state index contributed by atoms with van der Waals surface area (Å²) in [5, 5.41) is 2.75. The number of rotatable bonds is 3. The molecule has 0 radical (unpaired) electrons.